The number of benzene rings is 1. The summed E-state index contributed by atoms with van der Waals surface area (Å²) in [7, 11) is 1.37. The van der Waals surface area contributed by atoms with E-state index in [2.05, 4.69) is 5.32 Å². The lowest BCUT2D eigenvalue weighted by Crippen LogP contribution is -2.59. The number of piperazine rings is 1. The predicted molar refractivity (Wildman–Crippen MR) is 68.4 cm³/mol. The van der Waals surface area contributed by atoms with Crippen LogP contribution in [0.25, 0.3) is 0 Å². The van der Waals surface area contributed by atoms with Gasteiger partial charge >= 0.3 is 5.97 Å². The molecule has 1 N–H and O–H groups in total. The molecule has 2 aliphatic heterocycles. The standard InChI is InChI=1S/C14H16N2O3/c1-19-14(18)11-6-9-4-2-3-5-10(9)12-7-15-8-13(17)16(11)12/h2-5,11-12,15H,6-8H2,1H3/t11-,12+/m1/s1. The van der Waals surface area contributed by atoms with Gasteiger partial charge in [-0.15, -0.1) is 0 Å². The van der Waals surface area contributed by atoms with Gasteiger partial charge in [-0.25, -0.2) is 4.79 Å². The van der Waals surface area contributed by atoms with Crippen LogP contribution in [0.3, 0.4) is 0 Å². The summed E-state index contributed by atoms with van der Waals surface area (Å²) in [6.07, 6.45) is 0.533. The molecule has 1 aromatic rings. The average molecular weight is 260 g/mol. The van der Waals surface area contributed by atoms with Crippen molar-refractivity contribution in [1.29, 1.82) is 0 Å². The van der Waals surface area contributed by atoms with E-state index >= 15 is 0 Å². The van der Waals surface area contributed by atoms with Crippen molar-refractivity contribution >= 4 is 11.9 Å². The summed E-state index contributed by atoms with van der Waals surface area (Å²) in [5.74, 6) is -0.379. The second-order valence-electron chi connectivity index (χ2n) is 4.89. The summed E-state index contributed by atoms with van der Waals surface area (Å²) in [5, 5.41) is 3.11. The highest BCUT2D eigenvalue weighted by molar-refractivity contribution is 5.87. The molecule has 0 radical (unpaired) electrons. The maximum Gasteiger partial charge on any atom is 0.328 e. The highest BCUT2D eigenvalue weighted by Crippen LogP contribution is 2.34. The van der Waals surface area contributed by atoms with Crippen molar-refractivity contribution in [3.8, 4) is 0 Å². The molecule has 1 aromatic carbocycles. The molecule has 0 spiro atoms. The normalized spacial score (nSPS) is 25.5. The van der Waals surface area contributed by atoms with Gasteiger partial charge in [0.15, 0.2) is 0 Å². The van der Waals surface area contributed by atoms with Crippen LogP contribution in [0.5, 0.6) is 0 Å². The average Bonchev–Trinajstić information content (AvgIpc) is 2.46. The largest absolute Gasteiger partial charge is 0.467 e. The Labute approximate surface area is 111 Å². The molecule has 1 amide bonds. The maximum atomic E-state index is 12.1. The van der Waals surface area contributed by atoms with Crippen molar-refractivity contribution in [3.63, 3.8) is 0 Å². The number of ether oxygens (including phenoxy) is 1. The molecule has 1 fully saturated rings. The maximum absolute atomic E-state index is 12.1. The molecule has 5 nitrogen and oxygen atoms in total. The molecule has 19 heavy (non-hydrogen) atoms. The zero-order valence-corrected chi connectivity index (χ0v) is 10.8. The van der Waals surface area contributed by atoms with Gasteiger partial charge < -0.3 is 15.0 Å². The van der Waals surface area contributed by atoms with Crippen molar-refractivity contribution in [2.75, 3.05) is 20.2 Å². The first-order valence-corrected chi connectivity index (χ1v) is 6.40. The topological polar surface area (TPSA) is 58.6 Å². The molecule has 0 saturated carbocycles. The van der Waals surface area contributed by atoms with Crippen LogP contribution in [0, 0.1) is 0 Å². The first-order chi connectivity index (χ1) is 9.22. The molecule has 0 bridgehead atoms. The lowest BCUT2D eigenvalue weighted by Gasteiger charge is -2.44. The number of nitrogens with zero attached hydrogens (tertiary/aromatic N) is 1. The van der Waals surface area contributed by atoms with Gasteiger partial charge in [0.25, 0.3) is 0 Å². The minimum absolute atomic E-state index is 0.0406. The highest BCUT2D eigenvalue weighted by atomic mass is 16.5. The van der Waals surface area contributed by atoms with E-state index in [4.69, 9.17) is 4.74 Å². The molecule has 2 heterocycles. The summed E-state index contributed by atoms with van der Waals surface area (Å²) < 4.78 is 4.85. The lowest BCUT2D eigenvalue weighted by atomic mass is 9.87. The van der Waals surface area contributed by atoms with Crippen LogP contribution in [0.1, 0.15) is 17.2 Å². The molecule has 5 heteroatoms. The second-order valence-corrected chi connectivity index (χ2v) is 4.89. The molecular formula is C14H16N2O3. The Bertz CT molecular complexity index is 529. The zero-order chi connectivity index (χ0) is 13.4. The third kappa shape index (κ3) is 1.90. The van der Waals surface area contributed by atoms with Crippen LogP contribution in [0.2, 0.25) is 0 Å². The summed E-state index contributed by atoms with van der Waals surface area (Å²) in [6, 6.07) is 7.40. The number of methoxy groups -OCH3 is 1. The van der Waals surface area contributed by atoms with Gasteiger partial charge in [0.2, 0.25) is 5.91 Å². The van der Waals surface area contributed by atoms with Crippen LogP contribution in [-0.2, 0) is 20.7 Å². The number of carbonyl (C=O) groups is 2. The van der Waals surface area contributed by atoms with Crippen molar-refractivity contribution in [2.24, 2.45) is 0 Å². The second kappa shape index (κ2) is 4.66. The molecular weight excluding hydrogens is 244 g/mol. The van der Waals surface area contributed by atoms with E-state index in [1.807, 2.05) is 24.3 Å². The van der Waals surface area contributed by atoms with E-state index in [0.717, 1.165) is 11.1 Å². The van der Waals surface area contributed by atoms with Crippen molar-refractivity contribution in [2.45, 2.75) is 18.5 Å². The van der Waals surface area contributed by atoms with E-state index in [1.165, 1.54) is 7.11 Å². The minimum atomic E-state index is -0.500. The Morgan fingerprint density at radius 2 is 2.21 bits per heavy atom. The van der Waals surface area contributed by atoms with Crippen LogP contribution in [0.4, 0.5) is 0 Å². The number of hydrogen-bond acceptors (Lipinski definition) is 4. The first-order valence-electron chi connectivity index (χ1n) is 6.40. The summed E-state index contributed by atoms with van der Waals surface area (Å²) in [6.45, 7) is 0.961. The van der Waals surface area contributed by atoms with E-state index in [9.17, 15) is 9.59 Å². The molecule has 1 saturated heterocycles. The van der Waals surface area contributed by atoms with Gasteiger partial charge in [-0.2, -0.15) is 0 Å². The molecule has 3 rings (SSSR count). The fourth-order valence-electron chi connectivity index (χ4n) is 3.01. The van der Waals surface area contributed by atoms with Crippen LogP contribution >= 0.6 is 0 Å². The van der Waals surface area contributed by atoms with Crippen molar-refractivity contribution in [1.82, 2.24) is 10.2 Å². The number of rotatable bonds is 1. The van der Waals surface area contributed by atoms with E-state index in [1.54, 1.807) is 4.90 Å². The van der Waals surface area contributed by atoms with E-state index < -0.39 is 6.04 Å². The van der Waals surface area contributed by atoms with Crippen LogP contribution < -0.4 is 5.32 Å². The number of carbonyl (C=O) groups excluding carboxylic acids is 2. The van der Waals surface area contributed by atoms with Gasteiger partial charge in [-0.3, -0.25) is 4.79 Å². The molecule has 2 atom stereocenters. The molecule has 0 unspecified atom stereocenters. The fourth-order valence-corrected chi connectivity index (χ4v) is 3.01. The quantitative estimate of drug-likeness (QED) is 0.736. The van der Waals surface area contributed by atoms with Gasteiger partial charge in [0.1, 0.15) is 6.04 Å². The van der Waals surface area contributed by atoms with Gasteiger partial charge in [-0.05, 0) is 11.1 Å². The summed E-state index contributed by atoms with van der Waals surface area (Å²) in [5.41, 5.74) is 2.25. The molecule has 100 valence electrons. The SMILES string of the molecule is COC(=O)[C@H]1Cc2ccccc2[C@@H]2CNCC(=O)N12. The lowest BCUT2D eigenvalue weighted by molar-refractivity contribution is -0.157. The Balaban J connectivity index is 2.05. The molecule has 0 aromatic heterocycles. The number of esters is 1. The van der Waals surface area contributed by atoms with Crippen molar-refractivity contribution < 1.29 is 14.3 Å². The van der Waals surface area contributed by atoms with Gasteiger partial charge in [0, 0.05) is 13.0 Å². The van der Waals surface area contributed by atoms with Crippen LogP contribution in [-0.4, -0.2) is 43.0 Å². The Kier molecular flexibility index (Phi) is 2.98. The molecule has 2 aliphatic rings. The fraction of sp³-hybridized carbons (Fsp3) is 0.429. The number of amides is 1. The summed E-state index contributed by atoms with van der Waals surface area (Å²) in [4.78, 5) is 25.8. The monoisotopic (exact) mass is 260 g/mol. The van der Waals surface area contributed by atoms with Crippen LogP contribution in [0.15, 0.2) is 24.3 Å². The predicted octanol–water partition coefficient (Wildman–Crippen LogP) is 0.257. The minimum Gasteiger partial charge on any atom is -0.467 e. The van der Waals surface area contributed by atoms with E-state index in [-0.39, 0.29) is 24.5 Å². The number of hydrogen-bond donors (Lipinski definition) is 1. The number of nitrogens with one attached hydrogen (secondary N) is 1. The zero-order valence-electron chi connectivity index (χ0n) is 10.8. The smallest absolute Gasteiger partial charge is 0.328 e. The molecule has 0 aliphatic carbocycles. The Morgan fingerprint density at radius 3 is 3.00 bits per heavy atom. The van der Waals surface area contributed by atoms with E-state index in [0.29, 0.717) is 13.0 Å². The van der Waals surface area contributed by atoms with Gasteiger partial charge in [-0.1, -0.05) is 24.3 Å². The third-order valence-corrected chi connectivity index (χ3v) is 3.87. The van der Waals surface area contributed by atoms with Crippen molar-refractivity contribution in [3.05, 3.63) is 35.4 Å². The highest BCUT2D eigenvalue weighted by Gasteiger charge is 2.42. The Hall–Kier alpha value is -1.88. The summed E-state index contributed by atoms with van der Waals surface area (Å²) >= 11 is 0. The number of fused-ring (bicyclic) bond motifs is 3. The third-order valence-electron chi connectivity index (χ3n) is 3.87. The Morgan fingerprint density at radius 1 is 1.42 bits per heavy atom. The first kappa shape index (κ1) is 12.2. The van der Waals surface area contributed by atoms with Gasteiger partial charge in [0.05, 0.1) is 19.7 Å².